The summed E-state index contributed by atoms with van der Waals surface area (Å²) in [5, 5.41) is 2.97. The van der Waals surface area contributed by atoms with Crippen LogP contribution >= 0.6 is 0 Å². The average Bonchev–Trinajstić information content (AvgIpc) is 3.66. The van der Waals surface area contributed by atoms with E-state index in [1.807, 2.05) is 31.0 Å². The summed E-state index contributed by atoms with van der Waals surface area (Å²) in [4.78, 5) is 35.7. The first-order valence-corrected chi connectivity index (χ1v) is 15.0. The maximum Gasteiger partial charge on any atom is 0.243 e. The topological polar surface area (TPSA) is 65.5 Å². The van der Waals surface area contributed by atoms with Gasteiger partial charge in [-0.15, -0.1) is 0 Å². The van der Waals surface area contributed by atoms with Crippen LogP contribution in [0.5, 0.6) is 0 Å². The molecule has 0 unspecified atom stereocenters. The molecular weight excluding hydrogens is 534 g/mol. The molecule has 2 atom stereocenters. The number of carbonyl (C=O) groups is 2. The largest absolute Gasteiger partial charge is 0.330 e. The highest BCUT2D eigenvalue weighted by Gasteiger charge is 2.56. The summed E-state index contributed by atoms with van der Waals surface area (Å²) in [6.45, 7) is 2.94. The fourth-order valence-electron chi connectivity index (χ4n) is 8.27. The number of aromatic nitrogens is 1. The molecule has 2 spiro atoms. The van der Waals surface area contributed by atoms with E-state index in [0.717, 1.165) is 55.7 Å². The van der Waals surface area contributed by atoms with E-state index in [0.29, 0.717) is 37.3 Å². The number of amides is 2. The van der Waals surface area contributed by atoms with Gasteiger partial charge in [-0.3, -0.25) is 14.5 Å². The van der Waals surface area contributed by atoms with Gasteiger partial charge in [-0.25, -0.2) is 13.8 Å². The Kier molecular flexibility index (Phi) is 6.28. The maximum absolute atomic E-state index is 14.4. The lowest BCUT2D eigenvalue weighted by Crippen LogP contribution is -2.70. The Bertz CT molecular complexity index is 1580. The number of likely N-dealkylation sites (N-methyl/N-ethyl adjacent to an activating group) is 1. The second kappa shape index (κ2) is 9.69. The lowest BCUT2D eigenvalue weighted by Gasteiger charge is -2.56. The van der Waals surface area contributed by atoms with Gasteiger partial charge in [0.05, 0.1) is 11.0 Å². The van der Waals surface area contributed by atoms with Gasteiger partial charge in [0.1, 0.15) is 23.0 Å². The predicted molar refractivity (Wildman–Crippen MR) is 156 cm³/mol. The molecule has 2 fully saturated rings. The van der Waals surface area contributed by atoms with Crippen molar-refractivity contribution in [2.75, 3.05) is 25.5 Å². The number of pyridine rings is 1. The summed E-state index contributed by atoms with van der Waals surface area (Å²) >= 11 is 0. The number of benzene rings is 2. The maximum atomic E-state index is 14.4. The molecule has 0 radical (unpaired) electrons. The smallest absolute Gasteiger partial charge is 0.243 e. The number of hydrogen-bond acceptors (Lipinski definition) is 4. The Balaban J connectivity index is 1.12. The van der Waals surface area contributed by atoms with Crippen LogP contribution in [0.4, 0.5) is 14.6 Å². The van der Waals surface area contributed by atoms with Crippen molar-refractivity contribution in [3.05, 3.63) is 94.2 Å². The van der Waals surface area contributed by atoms with Gasteiger partial charge in [0, 0.05) is 30.9 Å². The molecule has 4 aliphatic rings. The SMILES string of the molecule is CN1C[C@@](C)(c2cc(F)cc(F)c2)N(CCCc2ccc3c(c2)C[C@@]2(C3)C(=O)Nc3ncccc32)C(=O)C12CCCC2. The Hall–Kier alpha value is -3.65. The van der Waals surface area contributed by atoms with Crippen molar-refractivity contribution >= 4 is 17.6 Å². The number of anilines is 1. The number of carbonyl (C=O) groups excluding carboxylic acids is 2. The zero-order chi connectivity index (χ0) is 29.3. The Morgan fingerprint density at radius 1 is 0.976 bits per heavy atom. The number of nitrogens with one attached hydrogen (secondary N) is 1. The molecular formula is C34H36F2N4O2. The summed E-state index contributed by atoms with van der Waals surface area (Å²) in [5.74, 6) is -0.526. The second-order valence-electron chi connectivity index (χ2n) is 13.0. The Morgan fingerprint density at radius 2 is 1.71 bits per heavy atom. The molecule has 0 bridgehead atoms. The highest BCUT2D eigenvalue weighted by molar-refractivity contribution is 6.06. The molecule has 1 aromatic heterocycles. The second-order valence-corrected chi connectivity index (χ2v) is 13.0. The molecule has 2 aromatic carbocycles. The molecule has 2 aliphatic heterocycles. The van der Waals surface area contributed by atoms with Gasteiger partial charge < -0.3 is 10.2 Å². The van der Waals surface area contributed by atoms with Crippen molar-refractivity contribution in [2.45, 2.75) is 74.8 Å². The molecule has 1 saturated carbocycles. The molecule has 218 valence electrons. The molecule has 7 rings (SSSR count). The van der Waals surface area contributed by atoms with Crippen LogP contribution in [-0.2, 0) is 39.8 Å². The van der Waals surface area contributed by atoms with Crippen molar-refractivity contribution < 1.29 is 18.4 Å². The van der Waals surface area contributed by atoms with Gasteiger partial charge in [-0.1, -0.05) is 37.1 Å². The van der Waals surface area contributed by atoms with Crippen LogP contribution in [0.15, 0.2) is 54.7 Å². The molecule has 3 aromatic rings. The number of halogens is 2. The minimum absolute atomic E-state index is 0.0106. The van der Waals surface area contributed by atoms with Crippen LogP contribution in [0.1, 0.15) is 66.8 Å². The molecule has 6 nitrogen and oxygen atoms in total. The van der Waals surface area contributed by atoms with Gasteiger partial charge in [0.2, 0.25) is 11.8 Å². The molecule has 1 saturated heterocycles. The van der Waals surface area contributed by atoms with E-state index < -0.39 is 28.1 Å². The van der Waals surface area contributed by atoms with Crippen LogP contribution in [0.3, 0.4) is 0 Å². The summed E-state index contributed by atoms with van der Waals surface area (Å²) in [6, 6.07) is 14.0. The number of piperazine rings is 1. The lowest BCUT2D eigenvalue weighted by molar-refractivity contribution is -0.163. The zero-order valence-electron chi connectivity index (χ0n) is 24.2. The minimum Gasteiger partial charge on any atom is -0.330 e. The normalized spacial score (nSPS) is 26.2. The van der Waals surface area contributed by atoms with E-state index in [9.17, 15) is 18.4 Å². The Labute approximate surface area is 245 Å². The van der Waals surface area contributed by atoms with Crippen molar-refractivity contribution in [1.29, 1.82) is 0 Å². The summed E-state index contributed by atoms with van der Waals surface area (Å²) in [5.41, 5.74) is 2.98. The van der Waals surface area contributed by atoms with Gasteiger partial charge in [-0.05, 0) is 92.9 Å². The third-order valence-corrected chi connectivity index (χ3v) is 10.5. The molecule has 42 heavy (non-hydrogen) atoms. The van der Waals surface area contributed by atoms with Crippen LogP contribution in [0.25, 0.3) is 0 Å². The van der Waals surface area contributed by atoms with E-state index in [2.05, 4.69) is 33.4 Å². The highest BCUT2D eigenvalue weighted by atomic mass is 19.1. The van der Waals surface area contributed by atoms with Gasteiger partial charge in [0.25, 0.3) is 0 Å². The molecule has 8 heteroatoms. The molecule has 3 heterocycles. The van der Waals surface area contributed by atoms with Crippen LogP contribution in [0.2, 0.25) is 0 Å². The number of hydrogen-bond donors (Lipinski definition) is 1. The van der Waals surface area contributed by atoms with Crippen molar-refractivity contribution in [2.24, 2.45) is 0 Å². The number of fused-ring (bicyclic) bond motifs is 3. The third-order valence-electron chi connectivity index (χ3n) is 10.5. The fourth-order valence-corrected chi connectivity index (χ4v) is 8.27. The minimum atomic E-state index is -0.857. The van der Waals surface area contributed by atoms with E-state index in [-0.39, 0.29) is 11.8 Å². The Morgan fingerprint density at radius 3 is 2.48 bits per heavy atom. The lowest BCUT2D eigenvalue weighted by atomic mass is 9.79. The number of aryl methyl sites for hydroxylation is 1. The molecule has 2 aliphatic carbocycles. The standard InChI is InChI=1S/C34H36F2N4O2/c1-32(25-16-26(35)18-27(36)17-25)21-39(2)34(11-3-4-12-34)31(42)40(32)14-6-7-22-9-10-23-19-33(20-24(23)15-22)28-8-5-13-37-29(28)38-30(33)41/h5,8-10,13,15-18H,3-4,6-7,11-12,14,19-21H2,1-2H3,(H,37,38,41)/t32-,33+/m0/s1. The quantitative estimate of drug-likeness (QED) is 0.453. The first kappa shape index (κ1) is 27.2. The fraction of sp³-hybridized carbons (Fsp3) is 0.441. The number of rotatable bonds is 5. The molecule has 2 amide bonds. The third kappa shape index (κ3) is 4.02. The first-order valence-electron chi connectivity index (χ1n) is 15.0. The van der Waals surface area contributed by atoms with Gasteiger partial charge in [0.15, 0.2) is 0 Å². The van der Waals surface area contributed by atoms with E-state index in [1.165, 1.54) is 23.3 Å². The monoisotopic (exact) mass is 570 g/mol. The number of nitrogens with zero attached hydrogens (tertiary/aromatic N) is 3. The van der Waals surface area contributed by atoms with Gasteiger partial charge in [-0.2, -0.15) is 0 Å². The first-order chi connectivity index (χ1) is 20.1. The van der Waals surface area contributed by atoms with E-state index >= 15 is 0 Å². The van der Waals surface area contributed by atoms with Crippen LogP contribution in [0, 0.1) is 11.6 Å². The summed E-state index contributed by atoms with van der Waals surface area (Å²) in [7, 11) is 1.98. The molecule has 1 N–H and O–H groups in total. The highest BCUT2D eigenvalue weighted by Crippen LogP contribution is 2.47. The average molecular weight is 571 g/mol. The summed E-state index contributed by atoms with van der Waals surface area (Å²) in [6.07, 6.45) is 8.11. The van der Waals surface area contributed by atoms with Crippen LogP contribution < -0.4 is 5.32 Å². The van der Waals surface area contributed by atoms with Crippen LogP contribution in [-0.4, -0.2) is 52.3 Å². The van der Waals surface area contributed by atoms with E-state index in [1.54, 1.807) is 6.20 Å². The van der Waals surface area contributed by atoms with Crippen molar-refractivity contribution in [3.8, 4) is 0 Å². The van der Waals surface area contributed by atoms with Crippen molar-refractivity contribution in [3.63, 3.8) is 0 Å². The van der Waals surface area contributed by atoms with Crippen molar-refractivity contribution in [1.82, 2.24) is 14.8 Å². The predicted octanol–water partition coefficient (Wildman–Crippen LogP) is 5.28. The van der Waals surface area contributed by atoms with E-state index in [4.69, 9.17) is 0 Å². The van der Waals surface area contributed by atoms with Gasteiger partial charge >= 0.3 is 0 Å². The summed E-state index contributed by atoms with van der Waals surface area (Å²) < 4.78 is 28.8. The zero-order valence-corrected chi connectivity index (χ0v) is 24.2.